The van der Waals surface area contributed by atoms with Crippen LogP contribution in [0.4, 0.5) is 0 Å². The molecule has 1 rings (SSSR count). The van der Waals surface area contributed by atoms with E-state index in [1.54, 1.807) is 0 Å². The van der Waals surface area contributed by atoms with Gasteiger partial charge in [-0.25, -0.2) is 0 Å². The Morgan fingerprint density at radius 2 is 2.31 bits per heavy atom. The minimum Gasteiger partial charge on any atom is -0.359 e. The average molecular weight is 177 g/mol. The number of allylic oxidation sites excluding steroid dienone is 4. The zero-order valence-electron chi connectivity index (χ0n) is 8.13. The van der Waals surface area contributed by atoms with Gasteiger partial charge in [-0.15, -0.1) is 0 Å². The summed E-state index contributed by atoms with van der Waals surface area (Å²) in [5, 5.41) is 3.06. The van der Waals surface area contributed by atoms with Crippen molar-refractivity contribution in [2.24, 2.45) is 5.92 Å². The lowest BCUT2D eigenvalue weighted by molar-refractivity contribution is -0.121. The van der Waals surface area contributed by atoms with Crippen molar-refractivity contribution >= 4 is 5.78 Å². The van der Waals surface area contributed by atoms with Crippen LogP contribution >= 0.6 is 0 Å². The third-order valence-corrected chi connectivity index (χ3v) is 1.92. The van der Waals surface area contributed by atoms with E-state index in [1.807, 2.05) is 32.1 Å². The Morgan fingerprint density at radius 1 is 1.62 bits per heavy atom. The van der Waals surface area contributed by atoms with E-state index in [0.29, 0.717) is 6.42 Å². The van der Waals surface area contributed by atoms with Crippen molar-refractivity contribution in [3.63, 3.8) is 0 Å². The van der Waals surface area contributed by atoms with E-state index >= 15 is 0 Å². The highest BCUT2D eigenvalue weighted by molar-refractivity contribution is 5.82. The standard InChI is InChI=1S/C11H15NO/c1-8(2)11(13)7-10-6-4-5-9(3)12-10/h4-6,8,12H,3,7H2,1-2H3. The van der Waals surface area contributed by atoms with Gasteiger partial charge in [0.25, 0.3) is 0 Å². The van der Waals surface area contributed by atoms with E-state index in [0.717, 1.165) is 11.4 Å². The highest BCUT2D eigenvalue weighted by Gasteiger charge is 2.10. The lowest BCUT2D eigenvalue weighted by atomic mass is 10.0. The summed E-state index contributed by atoms with van der Waals surface area (Å²) in [6, 6.07) is 0. The second-order valence-corrected chi connectivity index (χ2v) is 3.50. The molecule has 1 heterocycles. The van der Waals surface area contributed by atoms with Crippen molar-refractivity contribution in [1.82, 2.24) is 5.32 Å². The van der Waals surface area contributed by atoms with Crippen molar-refractivity contribution in [2.75, 3.05) is 0 Å². The molecule has 0 aromatic heterocycles. The predicted octanol–water partition coefficient (Wildman–Crippen LogP) is 2.16. The lowest BCUT2D eigenvalue weighted by Crippen LogP contribution is -2.18. The zero-order chi connectivity index (χ0) is 9.84. The van der Waals surface area contributed by atoms with Crippen molar-refractivity contribution in [3.05, 3.63) is 36.2 Å². The molecule has 0 aliphatic carbocycles. The van der Waals surface area contributed by atoms with Crippen LogP contribution in [0.2, 0.25) is 0 Å². The van der Waals surface area contributed by atoms with Crippen molar-refractivity contribution in [1.29, 1.82) is 0 Å². The number of rotatable bonds is 3. The molecule has 1 N–H and O–H groups in total. The van der Waals surface area contributed by atoms with Gasteiger partial charge in [-0.1, -0.05) is 26.5 Å². The van der Waals surface area contributed by atoms with Crippen LogP contribution in [0, 0.1) is 5.92 Å². The van der Waals surface area contributed by atoms with Crippen LogP contribution in [-0.4, -0.2) is 5.78 Å². The quantitative estimate of drug-likeness (QED) is 0.715. The summed E-state index contributed by atoms with van der Waals surface area (Å²) >= 11 is 0. The molecule has 0 amide bonds. The summed E-state index contributed by atoms with van der Waals surface area (Å²) in [6.45, 7) is 7.59. The molecule has 70 valence electrons. The number of dihydropyridines is 1. The molecule has 0 radical (unpaired) electrons. The number of Topliss-reactive ketones (excluding diaryl/α,β-unsaturated/α-hetero) is 1. The van der Waals surface area contributed by atoms with Crippen LogP contribution in [0.3, 0.4) is 0 Å². The molecule has 1 aliphatic heterocycles. The van der Waals surface area contributed by atoms with Gasteiger partial charge in [-0.3, -0.25) is 4.79 Å². The summed E-state index contributed by atoms with van der Waals surface area (Å²) in [5.41, 5.74) is 1.78. The molecule has 2 heteroatoms. The van der Waals surface area contributed by atoms with E-state index in [1.165, 1.54) is 0 Å². The first-order chi connectivity index (χ1) is 6.09. The van der Waals surface area contributed by atoms with Crippen LogP contribution in [0.25, 0.3) is 0 Å². The fraction of sp³-hybridized carbons (Fsp3) is 0.364. The molecular formula is C11H15NO. The van der Waals surface area contributed by atoms with Crippen molar-refractivity contribution < 1.29 is 4.79 Å². The number of ketones is 1. The number of nitrogens with one attached hydrogen (secondary N) is 1. The molecule has 2 nitrogen and oxygen atoms in total. The van der Waals surface area contributed by atoms with E-state index in [-0.39, 0.29) is 11.7 Å². The molecule has 1 aliphatic rings. The van der Waals surface area contributed by atoms with E-state index < -0.39 is 0 Å². The first-order valence-corrected chi connectivity index (χ1v) is 4.45. The van der Waals surface area contributed by atoms with Crippen molar-refractivity contribution in [2.45, 2.75) is 20.3 Å². The maximum absolute atomic E-state index is 11.4. The van der Waals surface area contributed by atoms with Crippen LogP contribution in [0.15, 0.2) is 36.2 Å². The van der Waals surface area contributed by atoms with Gasteiger partial charge in [0.15, 0.2) is 0 Å². The Balaban J connectivity index is 2.55. The molecule has 0 atom stereocenters. The minimum absolute atomic E-state index is 0.0990. The average Bonchev–Trinajstić information content (AvgIpc) is 2.04. The van der Waals surface area contributed by atoms with Crippen LogP contribution in [-0.2, 0) is 4.79 Å². The predicted molar refractivity (Wildman–Crippen MR) is 54.0 cm³/mol. The molecular weight excluding hydrogens is 162 g/mol. The molecule has 0 saturated heterocycles. The van der Waals surface area contributed by atoms with Crippen LogP contribution in [0.1, 0.15) is 20.3 Å². The molecule has 0 unspecified atom stereocenters. The third-order valence-electron chi connectivity index (χ3n) is 1.92. The number of hydrogen-bond acceptors (Lipinski definition) is 2. The van der Waals surface area contributed by atoms with Crippen LogP contribution in [0.5, 0.6) is 0 Å². The Morgan fingerprint density at radius 3 is 2.85 bits per heavy atom. The molecule has 0 aromatic rings. The van der Waals surface area contributed by atoms with Gasteiger partial charge in [-0.05, 0) is 12.2 Å². The highest BCUT2D eigenvalue weighted by Crippen LogP contribution is 2.10. The first-order valence-electron chi connectivity index (χ1n) is 4.45. The second kappa shape index (κ2) is 4.08. The van der Waals surface area contributed by atoms with Gasteiger partial charge in [0.1, 0.15) is 5.78 Å². The highest BCUT2D eigenvalue weighted by atomic mass is 16.1. The smallest absolute Gasteiger partial charge is 0.141 e. The van der Waals surface area contributed by atoms with Crippen molar-refractivity contribution in [3.8, 4) is 0 Å². The SMILES string of the molecule is C=C1C=CC=C(CC(=O)C(C)C)N1. The largest absolute Gasteiger partial charge is 0.359 e. The number of carbonyl (C=O) groups is 1. The summed E-state index contributed by atoms with van der Waals surface area (Å²) < 4.78 is 0. The number of hydrogen-bond donors (Lipinski definition) is 1. The summed E-state index contributed by atoms with van der Waals surface area (Å²) in [5.74, 6) is 0.351. The van der Waals surface area contributed by atoms with Gasteiger partial charge in [0, 0.05) is 23.7 Å². The van der Waals surface area contributed by atoms with E-state index in [9.17, 15) is 4.79 Å². The Bertz CT molecular complexity index is 284. The molecule has 0 bridgehead atoms. The minimum atomic E-state index is 0.0990. The van der Waals surface area contributed by atoms with Gasteiger partial charge in [0.2, 0.25) is 0 Å². The van der Waals surface area contributed by atoms with Gasteiger partial charge < -0.3 is 5.32 Å². The van der Waals surface area contributed by atoms with Gasteiger partial charge in [-0.2, -0.15) is 0 Å². The summed E-state index contributed by atoms with van der Waals surface area (Å²) in [4.78, 5) is 11.4. The van der Waals surface area contributed by atoms with Gasteiger partial charge in [0.05, 0.1) is 0 Å². The van der Waals surface area contributed by atoms with E-state index in [4.69, 9.17) is 0 Å². The molecule has 0 aromatic carbocycles. The first kappa shape index (κ1) is 9.78. The maximum Gasteiger partial charge on any atom is 0.141 e. The maximum atomic E-state index is 11.4. The summed E-state index contributed by atoms with van der Waals surface area (Å²) in [6.07, 6.45) is 6.17. The normalized spacial score (nSPS) is 15.6. The summed E-state index contributed by atoms with van der Waals surface area (Å²) in [7, 11) is 0. The lowest BCUT2D eigenvalue weighted by Gasteiger charge is -2.14. The Kier molecular flexibility index (Phi) is 3.07. The fourth-order valence-electron chi connectivity index (χ4n) is 1.06. The molecule has 0 fully saturated rings. The zero-order valence-corrected chi connectivity index (χ0v) is 8.13. The van der Waals surface area contributed by atoms with Crippen LogP contribution < -0.4 is 5.32 Å². The number of carbonyl (C=O) groups excluding carboxylic acids is 1. The van der Waals surface area contributed by atoms with Gasteiger partial charge >= 0.3 is 0 Å². The Hall–Kier alpha value is -1.31. The molecule has 13 heavy (non-hydrogen) atoms. The molecule has 0 saturated carbocycles. The fourth-order valence-corrected chi connectivity index (χ4v) is 1.06. The molecule has 0 spiro atoms. The topological polar surface area (TPSA) is 29.1 Å². The monoisotopic (exact) mass is 177 g/mol. The second-order valence-electron chi connectivity index (χ2n) is 3.50. The Labute approximate surface area is 79.0 Å². The van der Waals surface area contributed by atoms with E-state index in [2.05, 4.69) is 11.9 Å². The third kappa shape index (κ3) is 2.90.